The third kappa shape index (κ3) is 8.51. The first-order chi connectivity index (χ1) is 23.7. The van der Waals surface area contributed by atoms with Gasteiger partial charge >= 0.3 is 0 Å². The van der Waals surface area contributed by atoms with E-state index in [0.717, 1.165) is 64.2 Å². The van der Waals surface area contributed by atoms with E-state index in [1.165, 1.54) is 18.6 Å². The molecule has 4 N–H and O–H groups in total. The number of amides is 5. The van der Waals surface area contributed by atoms with E-state index in [2.05, 4.69) is 31.2 Å². The lowest BCUT2D eigenvalue weighted by atomic mass is 9.82. The van der Waals surface area contributed by atoms with Crippen molar-refractivity contribution in [1.29, 1.82) is 0 Å². The number of hydrogen-bond donors (Lipinski definition) is 4. The van der Waals surface area contributed by atoms with Crippen LogP contribution in [0.1, 0.15) is 122 Å². The minimum absolute atomic E-state index is 0.00203. The van der Waals surface area contributed by atoms with Gasteiger partial charge in [-0.3, -0.25) is 33.8 Å². The Morgan fingerprint density at radius 1 is 0.900 bits per heavy atom. The summed E-state index contributed by atoms with van der Waals surface area (Å²) in [6, 6.07) is -2.74. The second-order valence-corrected chi connectivity index (χ2v) is 16.2. The SMILES string of the molecule is CCCC(C)(NC(=O)C1C2CCCC2CN1C(=O)C(NC(=O)C(NC(=O)c1cnccn1)C1CCCCC1)C(C)(C)C)C(=O)C(=O)NC1CC1. The molecule has 274 valence electrons. The molecule has 4 aliphatic rings. The summed E-state index contributed by atoms with van der Waals surface area (Å²) in [6.07, 6.45) is 13.8. The molecule has 2 heterocycles. The first kappa shape index (κ1) is 37.4. The molecule has 13 nitrogen and oxygen atoms in total. The molecule has 1 saturated heterocycles. The van der Waals surface area contributed by atoms with Crippen molar-refractivity contribution in [3.05, 3.63) is 24.3 Å². The van der Waals surface area contributed by atoms with Crippen molar-refractivity contribution in [2.75, 3.05) is 6.54 Å². The van der Waals surface area contributed by atoms with Gasteiger partial charge in [0.1, 0.15) is 29.4 Å². The van der Waals surface area contributed by atoms with E-state index in [4.69, 9.17) is 0 Å². The summed E-state index contributed by atoms with van der Waals surface area (Å²) >= 11 is 0. The van der Waals surface area contributed by atoms with Gasteiger partial charge in [0, 0.05) is 25.0 Å². The molecule has 5 amide bonds. The lowest BCUT2D eigenvalue weighted by Crippen LogP contribution is -2.64. The van der Waals surface area contributed by atoms with Gasteiger partial charge < -0.3 is 26.2 Å². The lowest BCUT2D eigenvalue weighted by Gasteiger charge is -2.39. The molecular formula is C37H55N7O6. The maximum Gasteiger partial charge on any atom is 0.290 e. The normalized spacial score (nSPS) is 24.7. The Labute approximate surface area is 295 Å². The minimum atomic E-state index is -1.43. The third-order valence-electron chi connectivity index (χ3n) is 11.1. The third-order valence-corrected chi connectivity index (χ3v) is 11.1. The van der Waals surface area contributed by atoms with E-state index in [0.29, 0.717) is 13.0 Å². The first-order valence-corrected chi connectivity index (χ1v) is 18.6. The van der Waals surface area contributed by atoms with Gasteiger partial charge in [-0.15, -0.1) is 0 Å². The van der Waals surface area contributed by atoms with E-state index in [-0.39, 0.29) is 41.8 Å². The number of rotatable bonds is 13. The standard InChI is InChI=1S/C37H55N7O6/c1-6-17-37(5,30(45)34(49)40-24-15-16-24)43-33(48)28-25-14-10-13-23(25)21-44(28)35(50)29(36(2,3)4)42-32(47)27(22-11-8-7-9-12-22)41-31(46)26-20-38-18-19-39-26/h18-20,22-25,27-29H,6-17,21H2,1-5H3,(H,40,49)(H,41,46)(H,42,47)(H,43,48). The largest absolute Gasteiger partial charge is 0.347 e. The summed E-state index contributed by atoms with van der Waals surface area (Å²) in [5.74, 6) is -3.28. The number of nitrogens with zero attached hydrogens (tertiary/aromatic N) is 3. The van der Waals surface area contributed by atoms with Crippen molar-refractivity contribution in [2.45, 2.75) is 141 Å². The minimum Gasteiger partial charge on any atom is -0.347 e. The van der Waals surface area contributed by atoms with Crippen molar-refractivity contribution >= 4 is 35.3 Å². The highest BCUT2D eigenvalue weighted by molar-refractivity contribution is 6.40. The molecule has 5 rings (SSSR count). The number of Topliss-reactive ketones (excluding diaryl/α,β-unsaturated/α-hetero) is 1. The second kappa shape index (κ2) is 15.6. The molecule has 1 aromatic heterocycles. The van der Waals surface area contributed by atoms with Gasteiger partial charge in [0.15, 0.2) is 0 Å². The number of nitrogens with one attached hydrogen (secondary N) is 4. The summed E-state index contributed by atoms with van der Waals surface area (Å²) in [5, 5.41) is 11.6. The van der Waals surface area contributed by atoms with Gasteiger partial charge in [0.2, 0.25) is 23.5 Å². The van der Waals surface area contributed by atoms with Crippen LogP contribution in [0.4, 0.5) is 0 Å². The molecule has 0 bridgehead atoms. The predicted molar refractivity (Wildman–Crippen MR) is 185 cm³/mol. The van der Waals surface area contributed by atoms with Crippen LogP contribution in [-0.4, -0.2) is 86.4 Å². The molecule has 1 aromatic rings. The van der Waals surface area contributed by atoms with Gasteiger partial charge in [-0.1, -0.05) is 59.8 Å². The van der Waals surface area contributed by atoms with Gasteiger partial charge in [-0.2, -0.15) is 0 Å². The summed E-state index contributed by atoms with van der Waals surface area (Å²) in [7, 11) is 0. The van der Waals surface area contributed by atoms with Gasteiger partial charge in [0.25, 0.3) is 11.8 Å². The Hall–Kier alpha value is -3.90. The highest BCUT2D eigenvalue weighted by Gasteiger charge is 2.53. The van der Waals surface area contributed by atoms with Crippen LogP contribution in [0.2, 0.25) is 0 Å². The Morgan fingerprint density at radius 3 is 2.24 bits per heavy atom. The number of likely N-dealkylation sites (tertiary alicyclic amines) is 1. The van der Waals surface area contributed by atoms with Crippen LogP contribution in [0.5, 0.6) is 0 Å². The van der Waals surface area contributed by atoms with E-state index in [1.807, 2.05) is 27.7 Å². The summed E-state index contributed by atoms with van der Waals surface area (Å²) < 4.78 is 0. The fourth-order valence-corrected chi connectivity index (χ4v) is 8.22. The second-order valence-electron chi connectivity index (χ2n) is 16.2. The molecule has 6 unspecified atom stereocenters. The fraction of sp³-hybridized carbons (Fsp3) is 0.730. The van der Waals surface area contributed by atoms with Crippen LogP contribution >= 0.6 is 0 Å². The quantitative estimate of drug-likeness (QED) is 0.228. The number of ketones is 1. The predicted octanol–water partition coefficient (Wildman–Crippen LogP) is 2.84. The molecular weight excluding hydrogens is 638 g/mol. The number of carbonyl (C=O) groups excluding carboxylic acids is 6. The molecule has 6 atom stereocenters. The molecule has 50 heavy (non-hydrogen) atoms. The van der Waals surface area contributed by atoms with Crippen molar-refractivity contribution in [3.8, 4) is 0 Å². The Morgan fingerprint density at radius 2 is 1.62 bits per heavy atom. The van der Waals surface area contributed by atoms with Crippen LogP contribution in [0.15, 0.2) is 18.6 Å². The number of aromatic nitrogens is 2. The highest BCUT2D eigenvalue weighted by atomic mass is 16.2. The molecule has 3 aliphatic carbocycles. The maximum atomic E-state index is 14.7. The smallest absolute Gasteiger partial charge is 0.290 e. The zero-order valence-electron chi connectivity index (χ0n) is 30.3. The summed E-state index contributed by atoms with van der Waals surface area (Å²) in [4.78, 5) is 92.3. The highest BCUT2D eigenvalue weighted by Crippen LogP contribution is 2.43. The van der Waals surface area contributed by atoms with Gasteiger partial charge in [-0.25, -0.2) is 4.98 Å². The lowest BCUT2D eigenvalue weighted by molar-refractivity contribution is -0.147. The molecule has 0 aromatic carbocycles. The molecule has 0 radical (unpaired) electrons. The van der Waals surface area contributed by atoms with Crippen molar-refractivity contribution in [1.82, 2.24) is 36.1 Å². The number of fused-ring (bicyclic) bond motifs is 1. The van der Waals surface area contributed by atoms with Crippen molar-refractivity contribution < 1.29 is 28.8 Å². The first-order valence-electron chi connectivity index (χ1n) is 18.6. The Bertz CT molecular complexity index is 1440. The van der Waals surface area contributed by atoms with Gasteiger partial charge in [0.05, 0.1) is 6.20 Å². The van der Waals surface area contributed by atoms with Gasteiger partial charge in [-0.05, 0) is 75.0 Å². The van der Waals surface area contributed by atoms with E-state index < -0.39 is 58.5 Å². The summed E-state index contributed by atoms with van der Waals surface area (Å²) in [5.41, 5.74) is -2.08. The van der Waals surface area contributed by atoms with Crippen LogP contribution in [0.25, 0.3) is 0 Å². The molecule has 3 saturated carbocycles. The van der Waals surface area contributed by atoms with Crippen LogP contribution in [0, 0.1) is 23.2 Å². The fourth-order valence-electron chi connectivity index (χ4n) is 8.22. The zero-order chi connectivity index (χ0) is 36.2. The number of carbonyl (C=O) groups is 6. The molecule has 0 spiro atoms. The van der Waals surface area contributed by atoms with Crippen LogP contribution < -0.4 is 21.3 Å². The van der Waals surface area contributed by atoms with Crippen LogP contribution in [-0.2, 0) is 24.0 Å². The van der Waals surface area contributed by atoms with E-state index in [1.54, 1.807) is 11.8 Å². The molecule has 4 fully saturated rings. The Kier molecular flexibility index (Phi) is 11.6. The van der Waals surface area contributed by atoms with Crippen molar-refractivity contribution in [2.24, 2.45) is 23.2 Å². The van der Waals surface area contributed by atoms with Crippen molar-refractivity contribution in [3.63, 3.8) is 0 Å². The zero-order valence-corrected chi connectivity index (χ0v) is 30.3. The summed E-state index contributed by atoms with van der Waals surface area (Å²) in [6.45, 7) is 9.44. The maximum absolute atomic E-state index is 14.7. The topological polar surface area (TPSA) is 180 Å². The van der Waals surface area contributed by atoms with E-state index in [9.17, 15) is 28.8 Å². The molecule has 1 aliphatic heterocycles. The monoisotopic (exact) mass is 693 g/mol. The number of hydrogen-bond acceptors (Lipinski definition) is 8. The average Bonchev–Trinajstić information content (AvgIpc) is 3.65. The average molecular weight is 694 g/mol. The Balaban J connectivity index is 1.38. The molecule has 13 heteroatoms. The van der Waals surface area contributed by atoms with E-state index >= 15 is 0 Å². The van der Waals surface area contributed by atoms with Crippen LogP contribution in [0.3, 0.4) is 0 Å².